The SMILES string of the molecule is CC(C)N1CCOC(CN(C)c2cccc(C(N)=S)c2)C1. The van der Waals surface area contributed by atoms with Crippen molar-refractivity contribution in [2.75, 3.05) is 38.2 Å². The van der Waals surface area contributed by atoms with Crippen molar-refractivity contribution in [3.05, 3.63) is 29.8 Å². The summed E-state index contributed by atoms with van der Waals surface area (Å²) in [5.74, 6) is 0. The van der Waals surface area contributed by atoms with Gasteiger partial charge in [-0.05, 0) is 26.0 Å². The molecule has 5 heteroatoms. The van der Waals surface area contributed by atoms with Gasteiger partial charge in [0.25, 0.3) is 0 Å². The third-order valence-electron chi connectivity index (χ3n) is 3.95. The third kappa shape index (κ3) is 4.40. The maximum absolute atomic E-state index is 5.89. The van der Waals surface area contributed by atoms with Gasteiger partial charge in [0.15, 0.2) is 0 Å². The van der Waals surface area contributed by atoms with E-state index in [9.17, 15) is 0 Å². The number of thiocarbonyl (C=S) groups is 1. The Bertz CT molecular complexity index is 492. The van der Waals surface area contributed by atoms with Crippen molar-refractivity contribution in [3.8, 4) is 0 Å². The second kappa shape index (κ2) is 7.20. The van der Waals surface area contributed by atoms with Crippen molar-refractivity contribution in [3.63, 3.8) is 0 Å². The first-order valence-electron chi connectivity index (χ1n) is 7.44. The van der Waals surface area contributed by atoms with Gasteiger partial charge in [-0.3, -0.25) is 4.90 Å². The van der Waals surface area contributed by atoms with Crippen molar-refractivity contribution in [1.29, 1.82) is 0 Å². The molecule has 0 amide bonds. The summed E-state index contributed by atoms with van der Waals surface area (Å²) in [5, 5.41) is 0. The molecule has 1 atom stereocenters. The summed E-state index contributed by atoms with van der Waals surface area (Å²) in [6.45, 7) is 8.15. The van der Waals surface area contributed by atoms with Crippen LogP contribution in [0.4, 0.5) is 5.69 Å². The van der Waals surface area contributed by atoms with Crippen molar-refractivity contribution in [1.82, 2.24) is 4.90 Å². The zero-order chi connectivity index (χ0) is 15.4. The van der Waals surface area contributed by atoms with Crippen LogP contribution in [0.3, 0.4) is 0 Å². The highest BCUT2D eigenvalue weighted by atomic mass is 32.1. The van der Waals surface area contributed by atoms with Crippen LogP contribution in [-0.2, 0) is 4.74 Å². The lowest BCUT2D eigenvalue weighted by Crippen LogP contribution is -2.49. The maximum atomic E-state index is 5.89. The zero-order valence-electron chi connectivity index (χ0n) is 13.1. The second-order valence-electron chi connectivity index (χ2n) is 5.88. The fraction of sp³-hybridized carbons (Fsp3) is 0.562. The Morgan fingerprint density at radius 1 is 1.52 bits per heavy atom. The molecule has 1 aromatic rings. The van der Waals surface area contributed by atoms with Gasteiger partial charge in [-0.25, -0.2) is 0 Å². The van der Waals surface area contributed by atoms with Crippen molar-refractivity contribution in [2.24, 2.45) is 5.73 Å². The number of morpholine rings is 1. The lowest BCUT2D eigenvalue weighted by molar-refractivity contribution is -0.0338. The summed E-state index contributed by atoms with van der Waals surface area (Å²) in [7, 11) is 2.08. The number of nitrogens with two attached hydrogens (primary N) is 1. The normalized spacial score (nSPS) is 19.7. The van der Waals surface area contributed by atoms with Gasteiger partial charge >= 0.3 is 0 Å². The van der Waals surface area contributed by atoms with Crippen LogP contribution in [0, 0.1) is 0 Å². The second-order valence-corrected chi connectivity index (χ2v) is 6.32. The molecule has 0 saturated carbocycles. The maximum Gasteiger partial charge on any atom is 0.104 e. The van der Waals surface area contributed by atoms with Gasteiger partial charge in [0.05, 0.1) is 12.7 Å². The summed E-state index contributed by atoms with van der Waals surface area (Å²) >= 11 is 5.04. The Morgan fingerprint density at radius 3 is 2.95 bits per heavy atom. The van der Waals surface area contributed by atoms with Gasteiger partial charge in [0, 0.05) is 44.0 Å². The summed E-state index contributed by atoms with van der Waals surface area (Å²) in [6, 6.07) is 8.61. The molecule has 0 spiro atoms. The van der Waals surface area contributed by atoms with E-state index in [1.165, 1.54) is 0 Å². The molecule has 4 nitrogen and oxygen atoms in total. The molecule has 1 heterocycles. The smallest absolute Gasteiger partial charge is 0.104 e. The summed E-state index contributed by atoms with van der Waals surface area (Å²) in [5.41, 5.74) is 7.72. The molecule has 0 aliphatic carbocycles. The predicted molar refractivity (Wildman–Crippen MR) is 92.0 cm³/mol. The van der Waals surface area contributed by atoms with Crippen LogP contribution in [0.2, 0.25) is 0 Å². The van der Waals surface area contributed by atoms with Gasteiger partial charge in [0.1, 0.15) is 4.99 Å². The highest BCUT2D eigenvalue weighted by Gasteiger charge is 2.23. The van der Waals surface area contributed by atoms with E-state index in [4.69, 9.17) is 22.7 Å². The highest BCUT2D eigenvalue weighted by Crippen LogP contribution is 2.17. The molecule has 21 heavy (non-hydrogen) atoms. The van der Waals surface area contributed by atoms with Crippen molar-refractivity contribution in [2.45, 2.75) is 26.0 Å². The fourth-order valence-electron chi connectivity index (χ4n) is 2.63. The molecule has 1 aromatic carbocycles. The topological polar surface area (TPSA) is 41.7 Å². The standard InChI is InChI=1S/C16H25N3OS/c1-12(2)19-7-8-20-15(11-19)10-18(3)14-6-4-5-13(9-14)16(17)21/h4-6,9,12,15H,7-8,10-11H2,1-3H3,(H2,17,21). The summed E-state index contributed by atoms with van der Waals surface area (Å²) in [4.78, 5) is 5.11. The lowest BCUT2D eigenvalue weighted by Gasteiger charge is -2.37. The molecule has 0 radical (unpaired) electrons. The highest BCUT2D eigenvalue weighted by molar-refractivity contribution is 7.80. The monoisotopic (exact) mass is 307 g/mol. The Hall–Kier alpha value is -1.17. The van der Waals surface area contributed by atoms with Crippen LogP contribution >= 0.6 is 12.2 Å². The first-order chi connectivity index (χ1) is 9.97. The minimum Gasteiger partial charge on any atom is -0.389 e. The third-order valence-corrected chi connectivity index (χ3v) is 4.19. The predicted octanol–water partition coefficient (Wildman–Crippen LogP) is 1.87. The molecule has 2 rings (SSSR count). The summed E-state index contributed by atoms with van der Waals surface area (Å²) < 4.78 is 5.89. The number of rotatable bonds is 5. The molecule has 1 aliphatic rings. The van der Waals surface area contributed by atoms with Crippen LogP contribution in [-0.4, -0.2) is 55.3 Å². The van der Waals surface area contributed by atoms with E-state index in [-0.39, 0.29) is 6.10 Å². The van der Waals surface area contributed by atoms with Crippen LogP contribution in [0.1, 0.15) is 19.4 Å². The average Bonchev–Trinajstić information content (AvgIpc) is 2.47. The number of benzene rings is 1. The largest absolute Gasteiger partial charge is 0.389 e. The molecule has 116 valence electrons. The molecule has 1 unspecified atom stereocenters. The van der Waals surface area contributed by atoms with Gasteiger partial charge in [-0.2, -0.15) is 0 Å². The molecule has 1 fully saturated rings. The summed E-state index contributed by atoms with van der Waals surface area (Å²) in [6.07, 6.45) is 0.236. The molecule has 2 N–H and O–H groups in total. The number of likely N-dealkylation sites (N-methyl/N-ethyl adjacent to an activating group) is 1. The lowest BCUT2D eigenvalue weighted by atomic mass is 10.1. The number of ether oxygens (including phenoxy) is 1. The van der Waals surface area contributed by atoms with Gasteiger partial charge in [-0.15, -0.1) is 0 Å². The van der Waals surface area contributed by atoms with Gasteiger partial charge in [-0.1, -0.05) is 24.4 Å². The van der Waals surface area contributed by atoms with Crippen LogP contribution in [0.5, 0.6) is 0 Å². The molecule has 0 aromatic heterocycles. The van der Waals surface area contributed by atoms with E-state index >= 15 is 0 Å². The fourth-order valence-corrected chi connectivity index (χ4v) is 2.76. The van der Waals surface area contributed by atoms with E-state index in [2.05, 4.69) is 36.8 Å². The van der Waals surface area contributed by atoms with E-state index in [1.54, 1.807) is 0 Å². The van der Waals surface area contributed by atoms with Crippen LogP contribution < -0.4 is 10.6 Å². The average molecular weight is 307 g/mol. The van der Waals surface area contributed by atoms with Gasteiger partial charge < -0.3 is 15.4 Å². The first-order valence-corrected chi connectivity index (χ1v) is 7.85. The number of anilines is 1. The van der Waals surface area contributed by atoms with E-state index in [0.717, 1.165) is 37.5 Å². The van der Waals surface area contributed by atoms with Crippen LogP contribution in [0.15, 0.2) is 24.3 Å². The van der Waals surface area contributed by atoms with E-state index in [0.29, 0.717) is 11.0 Å². The Kier molecular flexibility index (Phi) is 5.56. The molecular formula is C16H25N3OS. The molecule has 1 aliphatic heterocycles. The van der Waals surface area contributed by atoms with E-state index in [1.807, 2.05) is 18.2 Å². The number of nitrogens with zero attached hydrogens (tertiary/aromatic N) is 2. The van der Waals surface area contributed by atoms with Gasteiger partial charge in [0.2, 0.25) is 0 Å². The quantitative estimate of drug-likeness (QED) is 0.841. The van der Waals surface area contributed by atoms with Crippen molar-refractivity contribution >= 4 is 22.9 Å². The number of hydrogen-bond donors (Lipinski definition) is 1. The van der Waals surface area contributed by atoms with Crippen molar-refractivity contribution < 1.29 is 4.74 Å². The minimum atomic E-state index is 0.236. The molecule has 1 saturated heterocycles. The minimum absolute atomic E-state index is 0.236. The molecular weight excluding hydrogens is 282 g/mol. The van der Waals surface area contributed by atoms with E-state index < -0.39 is 0 Å². The molecule has 0 bridgehead atoms. The van der Waals surface area contributed by atoms with Crippen LogP contribution in [0.25, 0.3) is 0 Å². The Balaban J connectivity index is 1.99. The first kappa shape index (κ1) is 16.2. The zero-order valence-corrected chi connectivity index (χ0v) is 13.9. The Morgan fingerprint density at radius 2 is 2.29 bits per heavy atom. The number of hydrogen-bond acceptors (Lipinski definition) is 4. The Labute approximate surface area is 132 Å².